The summed E-state index contributed by atoms with van der Waals surface area (Å²) in [5, 5.41) is 14.5. The molecule has 5 nitrogen and oxygen atoms in total. The molecule has 1 fully saturated rings. The molecule has 2 amide bonds. The first-order valence-corrected chi connectivity index (χ1v) is 8.25. The topological polar surface area (TPSA) is 78.4 Å². The quantitative estimate of drug-likeness (QED) is 0.781. The number of amides is 2. The average Bonchev–Trinajstić information content (AvgIpc) is 2.46. The van der Waals surface area contributed by atoms with Gasteiger partial charge in [0.1, 0.15) is 0 Å². The molecule has 2 rings (SSSR count). The molecule has 0 spiro atoms. The Morgan fingerprint density at radius 1 is 1.29 bits per heavy atom. The maximum absolute atomic E-state index is 11.9. The summed E-state index contributed by atoms with van der Waals surface area (Å²) in [7, 11) is 0. The number of benzene rings is 1. The van der Waals surface area contributed by atoms with Crippen LogP contribution in [0.25, 0.3) is 0 Å². The van der Waals surface area contributed by atoms with Crippen molar-refractivity contribution in [1.82, 2.24) is 5.32 Å². The molecule has 1 aliphatic heterocycles. The number of aliphatic carboxylic acids is 1. The van der Waals surface area contributed by atoms with Gasteiger partial charge in [0.05, 0.1) is 0 Å². The van der Waals surface area contributed by atoms with E-state index in [0.717, 1.165) is 29.9 Å². The fourth-order valence-electron chi connectivity index (χ4n) is 2.25. The second-order valence-corrected chi connectivity index (χ2v) is 6.30. The Morgan fingerprint density at radius 2 is 2.05 bits per heavy atom. The lowest BCUT2D eigenvalue weighted by Crippen LogP contribution is -2.39. The van der Waals surface area contributed by atoms with Gasteiger partial charge in [0.25, 0.3) is 0 Å². The Kier molecular flexibility index (Phi) is 5.92. The fraction of sp³-hybridized carbons (Fsp3) is 0.467. The van der Waals surface area contributed by atoms with Crippen LogP contribution in [0.4, 0.5) is 10.5 Å². The summed E-state index contributed by atoms with van der Waals surface area (Å²) in [6, 6.07) is 7.37. The van der Waals surface area contributed by atoms with E-state index in [9.17, 15) is 9.59 Å². The number of nitrogens with one attached hydrogen (secondary N) is 2. The van der Waals surface area contributed by atoms with Crippen LogP contribution in [0.1, 0.15) is 24.8 Å². The standard InChI is InChI=1S/C15H20N2O3S/c18-14(19)5-4-11-2-1-3-13(10-11)17-15(20)16-12-6-8-21-9-7-12/h1-3,10,12H,4-9H2,(H,18,19)(H2,16,17,20). The maximum Gasteiger partial charge on any atom is 0.319 e. The van der Waals surface area contributed by atoms with Crippen molar-refractivity contribution >= 4 is 29.4 Å². The molecule has 0 aromatic heterocycles. The molecule has 0 unspecified atom stereocenters. The highest BCUT2D eigenvalue weighted by atomic mass is 32.2. The van der Waals surface area contributed by atoms with Crippen molar-refractivity contribution in [1.29, 1.82) is 0 Å². The first-order valence-electron chi connectivity index (χ1n) is 7.09. The molecule has 0 radical (unpaired) electrons. The van der Waals surface area contributed by atoms with Gasteiger partial charge in [0, 0.05) is 18.2 Å². The van der Waals surface area contributed by atoms with Gasteiger partial charge in [-0.15, -0.1) is 0 Å². The molecular formula is C15H20N2O3S. The van der Waals surface area contributed by atoms with Gasteiger partial charge < -0.3 is 15.7 Å². The number of carbonyl (C=O) groups is 2. The third-order valence-electron chi connectivity index (χ3n) is 3.37. The van der Waals surface area contributed by atoms with Gasteiger partial charge >= 0.3 is 12.0 Å². The second kappa shape index (κ2) is 7.93. The molecule has 1 aromatic carbocycles. The number of carbonyl (C=O) groups excluding carboxylic acids is 1. The van der Waals surface area contributed by atoms with Gasteiger partial charge in [0.2, 0.25) is 0 Å². The minimum Gasteiger partial charge on any atom is -0.481 e. The first-order chi connectivity index (χ1) is 10.1. The monoisotopic (exact) mass is 308 g/mol. The summed E-state index contributed by atoms with van der Waals surface area (Å²) in [5.74, 6) is 1.37. The Morgan fingerprint density at radius 3 is 2.76 bits per heavy atom. The summed E-state index contributed by atoms with van der Waals surface area (Å²) in [6.45, 7) is 0. The highest BCUT2D eigenvalue weighted by Gasteiger charge is 2.15. The zero-order valence-electron chi connectivity index (χ0n) is 11.8. The lowest BCUT2D eigenvalue weighted by Gasteiger charge is -2.22. The van der Waals surface area contributed by atoms with E-state index in [2.05, 4.69) is 10.6 Å². The van der Waals surface area contributed by atoms with Crippen LogP contribution in [0.5, 0.6) is 0 Å². The zero-order valence-corrected chi connectivity index (χ0v) is 12.6. The van der Waals surface area contributed by atoms with E-state index in [0.29, 0.717) is 12.1 Å². The number of carboxylic acid groups (broad SMARTS) is 1. The normalized spacial score (nSPS) is 15.4. The van der Waals surface area contributed by atoms with E-state index >= 15 is 0 Å². The summed E-state index contributed by atoms with van der Waals surface area (Å²) in [5.41, 5.74) is 1.60. The van der Waals surface area contributed by atoms with Gasteiger partial charge in [0.15, 0.2) is 0 Å². The molecular weight excluding hydrogens is 288 g/mol. The Balaban J connectivity index is 1.85. The first kappa shape index (κ1) is 15.7. The second-order valence-electron chi connectivity index (χ2n) is 5.08. The number of rotatable bonds is 5. The Labute approximate surface area is 128 Å². The van der Waals surface area contributed by atoms with Crippen LogP contribution in [0, 0.1) is 0 Å². The van der Waals surface area contributed by atoms with Crippen LogP contribution in [0.15, 0.2) is 24.3 Å². The smallest absolute Gasteiger partial charge is 0.319 e. The number of anilines is 1. The molecule has 6 heteroatoms. The molecule has 1 aliphatic rings. The summed E-state index contributed by atoms with van der Waals surface area (Å²) >= 11 is 1.92. The number of urea groups is 1. The fourth-order valence-corrected chi connectivity index (χ4v) is 3.36. The van der Waals surface area contributed by atoms with Crippen LogP contribution < -0.4 is 10.6 Å². The average molecular weight is 308 g/mol. The molecule has 21 heavy (non-hydrogen) atoms. The van der Waals surface area contributed by atoms with Crippen molar-refractivity contribution in [2.45, 2.75) is 31.7 Å². The molecule has 114 valence electrons. The minimum absolute atomic E-state index is 0.0926. The van der Waals surface area contributed by atoms with Crippen LogP contribution in [-0.4, -0.2) is 34.7 Å². The van der Waals surface area contributed by atoms with Crippen molar-refractivity contribution in [2.24, 2.45) is 0 Å². The van der Waals surface area contributed by atoms with Crippen molar-refractivity contribution < 1.29 is 14.7 Å². The van der Waals surface area contributed by atoms with Gasteiger partial charge in [-0.25, -0.2) is 4.79 Å². The van der Waals surface area contributed by atoms with Crippen LogP contribution in [0.3, 0.4) is 0 Å². The number of hydrogen-bond acceptors (Lipinski definition) is 3. The Bertz CT molecular complexity index is 501. The van der Waals surface area contributed by atoms with Crippen LogP contribution in [0.2, 0.25) is 0 Å². The minimum atomic E-state index is -0.818. The van der Waals surface area contributed by atoms with Gasteiger partial charge in [-0.1, -0.05) is 12.1 Å². The van der Waals surface area contributed by atoms with Crippen molar-refractivity contribution in [3.05, 3.63) is 29.8 Å². The third-order valence-corrected chi connectivity index (χ3v) is 4.42. The highest BCUT2D eigenvalue weighted by molar-refractivity contribution is 7.99. The van der Waals surface area contributed by atoms with E-state index in [-0.39, 0.29) is 18.5 Å². The zero-order chi connectivity index (χ0) is 15.1. The van der Waals surface area contributed by atoms with Crippen molar-refractivity contribution in [3.63, 3.8) is 0 Å². The van der Waals surface area contributed by atoms with Crippen molar-refractivity contribution in [2.75, 3.05) is 16.8 Å². The predicted octanol–water partition coefficient (Wildman–Crippen LogP) is 2.72. The molecule has 3 N–H and O–H groups in total. The predicted molar refractivity (Wildman–Crippen MR) is 84.9 cm³/mol. The molecule has 1 heterocycles. The molecule has 0 bridgehead atoms. The number of aryl methyl sites for hydroxylation is 1. The Hall–Kier alpha value is -1.69. The number of thioether (sulfide) groups is 1. The molecule has 1 aromatic rings. The molecule has 0 aliphatic carbocycles. The lowest BCUT2D eigenvalue weighted by atomic mass is 10.1. The van der Waals surface area contributed by atoms with E-state index in [1.165, 1.54) is 0 Å². The molecule has 0 atom stereocenters. The lowest BCUT2D eigenvalue weighted by molar-refractivity contribution is -0.136. The summed E-state index contributed by atoms with van der Waals surface area (Å²) < 4.78 is 0. The number of hydrogen-bond donors (Lipinski definition) is 3. The van der Waals surface area contributed by atoms with E-state index in [1.807, 2.05) is 30.0 Å². The molecule has 1 saturated heterocycles. The van der Waals surface area contributed by atoms with Gasteiger partial charge in [-0.05, 0) is 48.5 Å². The highest BCUT2D eigenvalue weighted by Crippen LogP contribution is 2.17. The van der Waals surface area contributed by atoms with E-state index < -0.39 is 5.97 Å². The van der Waals surface area contributed by atoms with E-state index in [4.69, 9.17) is 5.11 Å². The molecule has 0 saturated carbocycles. The third kappa shape index (κ3) is 5.67. The SMILES string of the molecule is O=C(O)CCc1cccc(NC(=O)NC2CCSCC2)c1. The van der Waals surface area contributed by atoms with E-state index in [1.54, 1.807) is 6.07 Å². The maximum atomic E-state index is 11.9. The summed E-state index contributed by atoms with van der Waals surface area (Å²) in [4.78, 5) is 22.5. The number of carboxylic acids is 1. The van der Waals surface area contributed by atoms with Crippen molar-refractivity contribution in [3.8, 4) is 0 Å². The van der Waals surface area contributed by atoms with Gasteiger partial charge in [-0.3, -0.25) is 4.79 Å². The van der Waals surface area contributed by atoms with Gasteiger partial charge in [-0.2, -0.15) is 11.8 Å². The summed E-state index contributed by atoms with van der Waals surface area (Å²) in [6.07, 6.45) is 2.58. The largest absolute Gasteiger partial charge is 0.481 e. The van der Waals surface area contributed by atoms with Crippen LogP contribution >= 0.6 is 11.8 Å². The van der Waals surface area contributed by atoms with Crippen LogP contribution in [-0.2, 0) is 11.2 Å².